The van der Waals surface area contributed by atoms with Gasteiger partial charge in [-0.15, -0.1) is 0 Å². The van der Waals surface area contributed by atoms with E-state index in [4.69, 9.17) is 16.3 Å². The average molecular weight is 379 g/mol. The lowest BCUT2D eigenvalue weighted by molar-refractivity contribution is -0.143. The molecular weight excluding hydrogens is 352 g/mol. The zero-order valence-corrected chi connectivity index (χ0v) is 16.3. The van der Waals surface area contributed by atoms with Gasteiger partial charge < -0.3 is 14.5 Å². The first-order chi connectivity index (χ1) is 12.5. The van der Waals surface area contributed by atoms with Crippen LogP contribution in [0.2, 0.25) is 5.02 Å². The Morgan fingerprint density at radius 2 is 1.88 bits per heavy atom. The number of piperidine rings is 1. The third-order valence-corrected chi connectivity index (χ3v) is 5.74. The molecule has 0 saturated carbocycles. The number of hydrogen-bond acceptors (Lipinski definition) is 3. The van der Waals surface area contributed by atoms with E-state index in [9.17, 15) is 9.59 Å². The summed E-state index contributed by atoms with van der Waals surface area (Å²) in [7, 11) is 0. The van der Waals surface area contributed by atoms with Gasteiger partial charge in [0, 0.05) is 37.1 Å². The zero-order chi connectivity index (χ0) is 18.7. The topological polar surface area (TPSA) is 49.9 Å². The van der Waals surface area contributed by atoms with Crippen molar-refractivity contribution in [2.75, 3.05) is 32.8 Å². The van der Waals surface area contributed by atoms with E-state index in [0.717, 1.165) is 37.2 Å². The summed E-state index contributed by atoms with van der Waals surface area (Å²) < 4.78 is 5.76. The zero-order valence-electron chi connectivity index (χ0n) is 15.5. The Kier molecular flexibility index (Phi) is 6.07. The van der Waals surface area contributed by atoms with Crippen molar-refractivity contribution in [2.45, 2.75) is 33.1 Å². The lowest BCUT2D eigenvalue weighted by atomic mass is 9.92. The summed E-state index contributed by atoms with van der Waals surface area (Å²) in [4.78, 5) is 29.2. The van der Waals surface area contributed by atoms with E-state index in [1.54, 1.807) is 6.07 Å². The molecule has 0 aromatic heterocycles. The molecule has 6 heteroatoms. The van der Waals surface area contributed by atoms with Gasteiger partial charge in [-0.05, 0) is 56.9 Å². The van der Waals surface area contributed by atoms with E-state index in [2.05, 4.69) is 0 Å². The lowest BCUT2D eigenvalue weighted by Gasteiger charge is -2.36. The molecule has 3 rings (SSSR count). The number of likely N-dealkylation sites (tertiary alicyclic amines) is 1. The summed E-state index contributed by atoms with van der Waals surface area (Å²) >= 11 is 6.06. The maximum absolute atomic E-state index is 12.9. The predicted molar refractivity (Wildman–Crippen MR) is 101 cm³/mol. The first-order valence-electron chi connectivity index (χ1n) is 9.52. The highest BCUT2D eigenvalue weighted by atomic mass is 35.5. The molecule has 0 N–H and O–H groups in total. The molecular formula is C20H27ClN2O3. The molecule has 1 aromatic carbocycles. The number of carbonyl (C=O) groups is 2. The molecule has 0 spiro atoms. The SMILES string of the molecule is CCN(CC)C(=O)C1CCN(C(=O)C2COc3ccc(Cl)cc3C2)CC1. The van der Waals surface area contributed by atoms with Crippen molar-refractivity contribution in [3.8, 4) is 5.75 Å². The average Bonchev–Trinajstić information content (AvgIpc) is 2.67. The summed E-state index contributed by atoms with van der Waals surface area (Å²) in [5, 5.41) is 0.663. The maximum Gasteiger partial charge on any atom is 0.229 e. The number of hydrogen-bond donors (Lipinski definition) is 0. The van der Waals surface area contributed by atoms with Crippen molar-refractivity contribution in [1.82, 2.24) is 9.80 Å². The number of amides is 2. The summed E-state index contributed by atoms with van der Waals surface area (Å²) in [6.45, 7) is 7.21. The van der Waals surface area contributed by atoms with Crippen LogP contribution in [0.4, 0.5) is 0 Å². The van der Waals surface area contributed by atoms with Crippen LogP contribution in [0.15, 0.2) is 18.2 Å². The van der Waals surface area contributed by atoms with Crippen LogP contribution in [-0.2, 0) is 16.0 Å². The molecule has 1 aromatic rings. The van der Waals surface area contributed by atoms with Crippen LogP contribution in [-0.4, -0.2) is 54.4 Å². The van der Waals surface area contributed by atoms with E-state index < -0.39 is 0 Å². The quantitative estimate of drug-likeness (QED) is 0.809. The number of ether oxygens (including phenoxy) is 1. The summed E-state index contributed by atoms with van der Waals surface area (Å²) in [6, 6.07) is 5.55. The molecule has 0 bridgehead atoms. The monoisotopic (exact) mass is 378 g/mol. The third kappa shape index (κ3) is 3.98. The van der Waals surface area contributed by atoms with Gasteiger partial charge in [0.2, 0.25) is 11.8 Å². The first-order valence-corrected chi connectivity index (χ1v) is 9.90. The molecule has 2 heterocycles. The van der Waals surface area contributed by atoms with Crippen LogP contribution >= 0.6 is 11.6 Å². The van der Waals surface area contributed by atoms with Gasteiger partial charge in [-0.1, -0.05) is 11.6 Å². The fraction of sp³-hybridized carbons (Fsp3) is 0.600. The van der Waals surface area contributed by atoms with Crippen LogP contribution in [0.1, 0.15) is 32.3 Å². The number of nitrogens with zero attached hydrogens (tertiary/aromatic N) is 2. The van der Waals surface area contributed by atoms with Crippen LogP contribution in [0.3, 0.4) is 0 Å². The highest BCUT2D eigenvalue weighted by Crippen LogP contribution is 2.31. The number of benzene rings is 1. The van der Waals surface area contributed by atoms with E-state index in [1.165, 1.54) is 0 Å². The Balaban J connectivity index is 1.57. The summed E-state index contributed by atoms with van der Waals surface area (Å²) in [5.74, 6) is 1.05. The van der Waals surface area contributed by atoms with Crippen molar-refractivity contribution in [3.05, 3.63) is 28.8 Å². The molecule has 0 radical (unpaired) electrons. The fourth-order valence-corrected chi connectivity index (χ4v) is 4.11. The van der Waals surface area contributed by atoms with Crippen LogP contribution in [0, 0.1) is 11.8 Å². The number of halogens is 1. The molecule has 1 unspecified atom stereocenters. The maximum atomic E-state index is 12.9. The van der Waals surface area contributed by atoms with E-state index in [1.807, 2.05) is 35.8 Å². The van der Waals surface area contributed by atoms with E-state index in [-0.39, 0.29) is 23.7 Å². The van der Waals surface area contributed by atoms with Gasteiger partial charge in [0.05, 0.1) is 5.92 Å². The number of rotatable bonds is 4. The van der Waals surface area contributed by atoms with Gasteiger partial charge in [0.25, 0.3) is 0 Å². The van der Waals surface area contributed by atoms with E-state index in [0.29, 0.717) is 31.1 Å². The molecule has 1 fully saturated rings. The Hall–Kier alpha value is -1.75. The second-order valence-electron chi connectivity index (χ2n) is 7.07. The van der Waals surface area contributed by atoms with Gasteiger partial charge in [-0.25, -0.2) is 0 Å². The lowest BCUT2D eigenvalue weighted by Crippen LogP contribution is -2.47. The molecule has 2 aliphatic heterocycles. The van der Waals surface area contributed by atoms with Crippen LogP contribution in [0.25, 0.3) is 0 Å². The predicted octanol–water partition coefficient (Wildman–Crippen LogP) is 3.00. The smallest absolute Gasteiger partial charge is 0.229 e. The van der Waals surface area contributed by atoms with Crippen molar-refractivity contribution in [1.29, 1.82) is 0 Å². The van der Waals surface area contributed by atoms with Gasteiger partial charge >= 0.3 is 0 Å². The third-order valence-electron chi connectivity index (χ3n) is 5.51. The molecule has 5 nitrogen and oxygen atoms in total. The molecule has 142 valence electrons. The molecule has 1 atom stereocenters. The number of fused-ring (bicyclic) bond motifs is 1. The van der Waals surface area contributed by atoms with E-state index >= 15 is 0 Å². The Labute approximate surface area is 160 Å². The Morgan fingerprint density at radius 1 is 1.19 bits per heavy atom. The molecule has 2 aliphatic rings. The van der Waals surface area contributed by atoms with Gasteiger partial charge in [0.15, 0.2) is 0 Å². The minimum atomic E-state index is -0.170. The van der Waals surface area contributed by atoms with Crippen molar-refractivity contribution in [2.24, 2.45) is 11.8 Å². The molecule has 1 saturated heterocycles. The highest BCUT2D eigenvalue weighted by Gasteiger charge is 2.34. The second-order valence-corrected chi connectivity index (χ2v) is 7.51. The second kappa shape index (κ2) is 8.30. The van der Waals surface area contributed by atoms with Crippen LogP contribution in [0.5, 0.6) is 5.75 Å². The largest absolute Gasteiger partial charge is 0.492 e. The molecule has 0 aliphatic carbocycles. The fourth-order valence-electron chi connectivity index (χ4n) is 3.92. The highest BCUT2D eigenvalue weighted by molar-refractivity contribution is 6.30. The molecule has 26 heavy (non-hydrogen) atoms. The normalized spacial score (nSPS) is 20.3. The Morgan fingerprint density at radius 3 is 2.54 bits per heavy atom. The minimum Gasteiger partial charge on any atom is -0.492 e. The molecule has 2 amide bonds. The summed E-state index contributed by atoms with van der Waals surface area (Å²) in [6.07, 6.45) is 2.15. The Bertz CT molecular complexity index is 667. The first kappa shape index (κ1) is 19.0. The number of carbonyl (C=O) groups excluding carboxylic acids is 2. The van der Waals surface area contributed by atoms with Crippen molar-refractivity contribution in [3.63, 3.8) is 0 Å². The van der Waals surface area contributed by atoms with Crippen molar-refractivity contribution < 1.29 is 14.3 Å². The van der Waals surface area contributed by atoms with Crippen LogP contribution < -0.4 is 4.74 Å². The van der Waals surface area contributed by atoms with Crippen molar-refractivity contribution >= 4 is 23.4 Å². The standard InChI is InChI=1S/C20H27ClN2O3/c1-3-22(4-2)19(24)14-7-9-23(10-8-14)20(25)16-11-15-12-17(21)5-6-18(15)26-13-16/h5-6,12,14,16H,3-4,7-11,13H2,1-2H3. The summed E-state index contributed by atoms with van der Waals surface area (Å²) in [5.41, 5.74) is 0.994. The minimum absolute atomic E-state index is 0.0427. The van der Waals surface area contributed by atoms with Gasteiger partial charge in [0.1, 0.15) is 12.4 Å². The van der Waals surface area contributed by atoms with Gasteiger partial charge in [-0.3, -0.25) is 9.59 Å². The van der Waals surface area contributed by atoms with Gasteiger partial charge in [-0.2, -0.15) is 0 Å².